The molecule has 2 fully saturated rings. The monoisotopic (exact) mass is 211 g/mol. The molecule has 2 aliphatic heterocycles. The summed E-state index contributed by atoms with van der Waals surface area (Å²) in [6.07, 6.45) is 1.90. The highest BCUT2D eigenvalue weighted by Crippen LogP contribution is 2.17. The number of carbonyl (C=O) groups excluding carboxylic acids is 2. The predicted octanol–water partition coefficient (Wildman–Crippen LogP) is -0.915. The molecule has 84 valence electrons. The van der Waals surface area contributed by atoms with E-state index in [1.807, 2.05) is 6.92 Å². The maximum atomic E-state index is 11.7. The number of carbonyl (C=O) groups is 2. The van der Waals surface area contributed by atoms with Crippen molar-refractivity contribution in [2.24, 2.45) is 0 Å². The molecule has 0 aromatic heterocycles. The van der Waals surface area contributed by atoms with E-state index in [0.717, 1.165) is 25.9 Å². The lowest BCUT2D eigenvalue weighted by Crippen LogP contribution is -2.61. The standard InChI is InChI=1S/C10H17N3O2/c1-7-6-12-9(14)10(15)13(7)8-2-4-11-5-3-8/h7-8,11H,2-6H2,1H3,(H,12,14). The van der Waals surface area contributed by atoms with Crippen molar-refractivity contribution >= 4 is 11.8 Å². The number of hydrogen-bond acceptors (Lipinski definition) is 3. The average Bonchev–Trinajstić information content (AvgIpc) is 2.26. The first kappa shape index (κ1) is 10.4. The van der Waals surface area contributed by atoms with Crippen molar-refractivity contribution in [3.05, 3.63) is 0 Å². The van der Waals surface area contributed by atoms with Gasteiger partial charge in [0.1, 0.15) is 0 Å². The zero-order valence-corrected chi connectivity index (χ0v) is 8.95. The van der Waals surface area contributed by atoms with Crippen LogP contribution in [0.5, 0.6) is 0 Å². The molecule has 1 atom stereocenters. The number of amides is 2. The van der Waals surface area contributed by atoms with Gasteiger partial charge in [-0.15, -0.1) is 0 Å². The minimum Gasteiger partial charge on any atom is -0.346 e. The molecule has 0 saturated carbocycles. The fourth-order valence-electron chi connectivity index (χ4n) is 2.34. The molecule has 5 nitrogen and oxygen atoms in total. The minimum absolute atomic E-state index is 0.123. The lowest BCUT2D eigenvalue weighted by molar-refractivity contribution is -0.152. The molecule has 2 rings (SSSR count). The Labute approximate surface area is 89.2 Å². The molecule has 2 amide bonds. The minimum atomic E-state index is -0.452. The number of hydrogen-bond donors (Lipinski definition) is 2. The molecule has 2 saturated heterocycles. The van der Waals surface area contributed by atoms with E-state index < -0.39 is 5.91 Å². The lowest BCUT2D eigenvalue weighted by atomic mass is 10.0. The summed E-state index contributed by atoms with van der Waals surface area (Å²) in [6.45, 7) is 4.43. The lowest BCUT2D eigenvalue weighted by Gasteiger charge is -2.40. The third-order valence-electron chi connectivity index (χ3n) is 3.16. The predicted molar refractivity (Wildman–Crippen MR) is 55.2 cm³/mol. The number of nitrogens with one attached hydrogen (secondary N) is 2. The van der Waals surface area contributed by atoms with Crippen molar-refractivity contribution in [2.45, 2.75) is 31.8 Å². The van der Waals surface area contributed by atoms with Crippen LogP contribution in [0.3, 0.4) is 0 Å². The second-order valence-corrected chi connectivity index (χ2v) is 4.25. The molecule has 1 unspecified atom stereocenters. The van der Waals surface area contributed by atoms with E-state index in [-0.39, 0.29) is 18.0 Å². The van der Waals surface area contributed by atoms with E-state index in [2.05, 4.69) is 10.6 Å². The average molecular weight is 211 g/mol. The first-order valence-electron chi connectivity index (χ1n) is 5.51. The Balaban J connectivity index is 2.09. The van der Waals surface area contributed by atoms with Crippen LogP contribution in [0.4, 0.5) is 0 Å². The molecule has 5 heteroatoms. The Bertz CT molecular complexity index is 274. The highest BCUT2D eigenvalue weighted by atomic mass is 16.2. The van der Waals surface area contributed by atoms with Gasteiger partial charge in [-0.2, -0.15) is 0 Å². The number of nitrogens with zero attached hydrogens (tertiary/aromatic N) is 1. The van der Waals surface area contributed by atoms with Gasteiger partial charge in [0.2, 0.25) is 0 Å². The van der Waals surface area contributed by atoms with Crippen molar-refractivity contribution < 1.29 is 9.59 Å². The first-order chi connectivity index (χ1) is 7.20. The zero-order valence-electron chi connectivity index (χ0n) is 8.95. The van der Waals surface area contributed by atoms with Gasteiger partial charge in [0.25, 0.3) is 0 Å². The zero-order chi connectivity index (χ0) is 10.8. The largest absolute Gasteiger partial charge is 0.346 e. The van der Waals surface area contributed by atoms with Crippen molar-refractivity contribution in [3.63, 3.8) is 0 Å². The maximum absolute atomic E-state index is 11.7. The maximum Gasteiger partial charge on any atom is 0.312 e. The van der Waals surface area contributed by atoms with Gasteiger partial charge >= 0.3 is 11.8 Å². The molecule has 2 N–H and O–H groups in total. The third kappa shape index (κ3) is 1.97. The van der Waals surface area contributed by atoms with Crippen molar-refractivity contribution in [1.82, 2.24) is 15.5 Å². The first-order valence-corrected chi connectivity index (χ1v) is 5.51. The van der Waals surface area contributed by atoms with Crippen LogP contribution in [0.2, 0.25) is 0 Å². The summed E-state index contributed by atoms with van der Waals surface area (Å²) in [7, 11) is 0. The van der Waals surface area contributed by atoms with Crippen molar-refractivity contribution in [2.75, 3.05) is 19.6 Å². The van der Waals surface area contributed by atoms with Gasteiger partial charge in [0.15, 0.2) is 0 Å². The van der Waals surface area contributed by atoms with Gasteiger partial charge < -0.3 is 15.5 Å². The van der Waals surface area contributed by atoms with Gasteiger partial charge in [-0.05, 0) is 32.9 Å². The number of piperazine rings is 1. The van der Waals surface area contributed by atoms with Crippen LogP contribution in [0.15, 0.2) is 0 Å². The second kappa shape index (κ2) is 4.18. The molecule has 2 heterocycles. The van der Waals surface area contributed by atoms with Crippen molar-refractivity contribution in [3.8, 4) is 0 Å². The molecular weight excluding hydrogens is 194 g/mol. The molecular formula is C10H17N3O2. The Morgan fingerprint density at radius 2 is 1.93 bits per heavy atom. The summed E-state index contributed by atoms with van der Waals surface area (Å²) < 4.78 is 0. The quantitative estimate of drug-likeness (QED) is 0.552. The third-order valence-corrected chi connectivity index (χ3v) is 3.16. The van der Waals surface area contributed by atoms with E-state index in [1.165, 1.54) is 0 Å². The van der Waals surface area contributed by atoms with Crippen LogP contribution in [0, 0.1) is 0 Å². The molecule has 0 aliphatic carbocycles. The summed E-state index contributed by atoms with van der Waals surface area (Å²) in [4.78, 5) is 24.8. The van der Waals surface area contributed by atoms with Crippen LogP contribution in [-0.2, 0) is 9.59 Å². The van der Waals surface area contributed by atoms with Gasteiger partial charge in [-0.1, -0.05) is 0 Å². The van der Waals surface area contributed by atoms with Crippen LogP contribution in [-0.4, -0.2) is 48.4 Å². The molecule has 0 aromatic carbocycles. The number of piperidine rings is 1. The molecule has 0 aromatic rings. The van der Waals surface area contributed by atoms with E-state index in [9.17, 15) is 9.59 Å². The van der Waals surface area contributed by atoms with Gasteiger partial charge in [0.05, 0.1) is 0 Å². The topological polar surface area (TPSA) is 61.4 Å². The Morgan fingerprint density at radius 1 is 1.27 bits per heavy atom. The second-order valence-electron chi connectivity index (χ2n) is 4.25. The van der Waals surface area contributed by atoms with Gasteiger partial charge in [-0.25, -0.2) is 0 Å². The SMILES string of the molecule is CC1CNC(=O)C(=O)N1C1CCNCC1. The number of rotatable bonds is 1. The highest BCUT2D eigenvalue weighted by molar-refractivity contribution is 6.35. The summed E-state index contributed by atoms with van der Waals surface area (Å²) in [5.74, 6) is -0.813. The summed E-state index contributed by atoms with van der Waals surface area (Å²) in [5, 5.41) is 5.86. The normalized spacial score (nSPS) is 29.1. The van der Waals surface area contributed by atoms with Crippen LogP contribution in [0.1, 0.15) is 19.8 Å². The fourth-order valence-corrected chi connectivity index (χ4v) is 2.34. The fraction of sp³-hybridized carbons (Fsp3) is 0.800. The molecule has 2 aliphatic rings. The van der Waals surface area contributed by atoms with E-state index in [0.29, 0.717) is 6.54 Å². The summed E-state index contributed by atoms with van der Waals surface area (Å²) >= 11 is 0. The van der Waals surface area contributed by atoms with Crippen LogP contribution in [0.25, 0.3) is 0 Å². The smallest absolute Gasteiger partial charge is 0.312 e. The molecule has 15 heavy (non-hydrogen) atoms. The van der Waals surface area contributed by atoms with E-state index >= 15 is 0 Å². The van der Waals surface area contributed by atoms with E-state index in [4.69, 9.17) is 0 Å². The summed E-state index contributed by atoms with van der Waals surface area (Å²) in [5.41, 5.74) is 0. The van der Waals surface area contributed by atoms with Gasteiger partial charge in [-0.3, -0.25) is 9.59 Å². The molecule has 0 spiro atoms. The summed E-state index contributed by atoms with van der Waals surface area (Å²) in [6, 6.07) is 0.359. The van der Waals surface area contributed by atoms with Gasteiger partial charge in [0, 0.05) is 18.6 Å². The molecule has 0 radical (unpaired) electrons. The molecule has 0 bridgehead atoms. The van der Waals surface area contributed by atoms with Crippen LogP contribution < -0.4 is 10.6 Å². The Hall–Kier alpha value is -1.10. The van der Waals surface area contributed by atoms with Crippen LogP contribution >= 0.6 is 0 Å². The Kier molecular flexibility index (Phi) is 2.90. The Morgan fingerprint density at radius 3 is 2.60 bits per heavy atom. The highest BCUT2D eigenvalue weighted by Gasteiger charge is 2.36. The van der Waals surface area contributed by atoms with E-state index in [1.54, 1.807) is 4.90 Å². The van der Waals surface area contributed by atoms with Crippen molar-refractivity contribution in [1.29, 1.82) is 0 Å².